The molecule has 1 saturated heterocycles. The number of carbonyl (C=O) groups is 2. The average Bonchev–Trinajstić information content (AvgIpc) is 2.87. The number of carboxylic acids is 1. The molecule has 5 heteroatoms. The monoisotopic (exact) mass is 283 g/mol. The van der Waals surface area contributed by atoms with Crippen molar-refractivity contribution in [1.82, 2.24) is 4.90 Å². The van der Waals surface area contributed by atoms with Crippen LogP contribution in [-0.2, 0) is 14.3 Å². The number of nitrogens with zero attached hydrogens (tertiary/aromatic N) is 1. The number of hydrogen-bond acceptors (Lipinski definition) is 3. The molecule has 20 heavy (non-hydrogen) atoms. The van der Waals surface area contributed by atoms with Crippen molar-refractivity contribution < 1.29 is 19.4 Å². The molecule has 2 rings (SSSR count). The molecule has 0 aromatic carbocycles. The molecule has 0 aromatic rings. The Hall–Kier alpha value is -1.10. The molecule has 2 aliphatic rings. The third-order valence-corrected chi connectivity index (χ3v) is 4.48. The summed E-state index contributed by atoms with van der Waals surface area (Å²) in [4.78, 5) is 24.8. The third-order valence-electron chi connectivity index (χ3n) is 4.48. The molecular weight excluding hydrogens is 258 g/mol. The first kappa shape index (κ1) is 15.3. The van der Waals surface area contributed by atoms with Crippen LogP contribution in [0.25, 0.3) is 0 Å². The second-order valence-corrected chi connectivity index (χ2v) is 6.28. The minimum absolute atomic E-state index is 0.0630. The standard InChI is InChI=1S/C15H25NO4/c1-10-4-3-5-13(8-10)20-11(2)14(17)16-7-6-12(9-16)15(18)19/h10-13H,3-9H2,1-2H3,(H,18,19). The fourth-order valence-electron chi connectivity index (χ4n) is 3.27. The van der Waals surface area contributed by atoms with Gasteiger partial charge in [0, 0.05) is 13.1 Å². The smallest absolute Gasteiger partial charge is 0.308 e. The Morgan fingerprint density at radius 2 is 2.05 bits per heavy atom. The molecule has 114 valence electrons. The minimum atomic E-state index is -0.810. The Bertz CT molecular complexity index is 371. The summed E-state index contributed by atoms with van der Waals surface area (Å²) < 4.78 is 5.89. The molecule has 4 unspecified atom stereocenters. The highest BCUT2D eigenvalue weighted by molar-refractivity contribution is 5.82. The zero-order valence-corrected chi connectivity index (χ0v) is 12.4. The fourth-order valence-corrected chi connectivity index (χ4v) is 3.27. The zero-order valence-electron chi connectivity index (χ0n) is 12.4. The van der Waals surface area contributed by atoms with E-state index in [1.165, 1.54) is 6.42 Å². The van der Waals surface area contributed by atoms with E-state index in [4.69, 9.17) is 9.84 Å². The van der Waals surface area contributed by atoms with Crippen LogP contribution in [-0.4, -0.2) is 47.2 Å². The van der Waals surface area contributed by atoms with E-state index in [9.17, 15) is 9.59 Å². The number of rotatable bonds is 4. The maximum Gasteiger partial charge on any atom is 0.308 e. The fraction of sp³-hybridized carbons (Fsp3) is 0.867. The van der Waals surface area contributed by atoms with Crippen molar-refractivity contribution in [3.05, 3.63) is 0 Å². The van der Waals surface area contributed by atoms with Crippen LogP contribution in [0.15, 0.2) is 0 Å². The number of ether oxygens (including phenoxy) is 1. The van der Waals surface area contributed by atoms with Gasteiger partial charge in [0.15, 0.2) is 0 Å². The molecule has 1 heterocycles. The van der Waals surface area contributed by atoms with Crippen LogP contribution in [0.3, 0.4) is 0 Å². The number of carbonyl (C=O) groups excluding carboxylic acids is 1. The summed E-state index contributed by atoms with van der Waals surface area (Å²) in [5.41, 5.74) is 0. The summed E-state index contributed by atoms with van der Waals surface area (Å²) in [6, 6.07) is 0. The Morgan fingerprint density at radius 3 is 2.65 bits per heavy atom. The molecule has 1 N–H and O–H groups in total. The van der Waals surface area contributed by atoms with Crippen molar-refractivity contribution in [3.63, 3.8) is 0 Å². The van der Waals surface area contributed by atoms with Gasteiger partial charge >= 0.3 is 5.97 Å². The van der Waals surface area contributed by atoms with Crippen LogP contribution in [0, 0.1) is 11.8 Å². The van der Waals surface area contributed by atoms with E-state index in [1.54, 1.807) is 11.8 Å². The lowest BCUT2D eigenvalue weighted by molar-refractivity contribution is -0.147. The Morgan fingerprint density at radius 1 is 1.30 bits per heavy atom. The van der Waals surface area contributed by atoms with E-state index in [1.807, 2.05) is 0 Å². The van der Waals surface area contributed by atoms with Crippen LogP contribution in [0.2, 0.25) is 0 Å². The summed E-state index contributed by atoms with van der Waals surface area (Å²) in [7, 11) is 0. The van der Waals surface area contributed by atoms with Crippen LogP contribution in [0.1, 0.15) is 46.0 Å². The van der Waals surface area contributed by atoms with Gasteiger partial charge in [-0.05, 0) is 32.1 Å². The van der Waals surface area contributed by atoms with Gasteiger partial charge in [0.25, 0.3) is 5.91 Å². The van der Waals surface area contributed by atoms with Gasteiger partial charge in [-0.3, -0.25) is 9.59 Å². The molecule has 0 spiro atoms. The van der Waals surface area contributed by atoms with Gasteiger partial charge in [0.2, 0.25) is 0 Å². The third kappa shape index (κ3) is 3.72. The van der Waals surface area contributed by atoms with E-state index in [0.29, 0.717) is 25.4 Å². The van der Waals surface area contributed by atoms with Crippen molar-refractivity contribution in [3.8, 4) is 0 Å². The summed E-state index contributed by atoms with van der Waals surface area (Å²) in [5.74, 6) is -0.623. The van der Waals surface area contributed by atoms with E-state index < -0.39 is 18.0 Å². The molecular formula is C15H25NO4. The molecule has 1 amide bonds. The van der Waals surface area contributed by atoms with Gasteiger partial charge in [0.05, 0.1) is 12.0 Å². The first-order valence-corrected chi connectivity index (χ1v) is 7.64. The van der Waals surface area contributed by atoms with Gasteiger partial charge in [0.1, 0.15) is 6.10 Å². The normalized spacial score (nSPS) is 32.1. The maximum absolute atomic E-state index is 12.3. The molecule has 1 aliphatic carbocycles. The highest BCUT2D eigenvalue weighted by Gasteiger charge is 2.34. The predicted molar refractivity (Wildman–Crippen MR) is 74.3 cm³/mol. The second kappa shape index (κ2) is 6.57. The lowest BCUT2D eigenvalue weighted by Gasteiger charge is -2.30. The van der Waals surface area contributed by atoms with Gasteiger partial charge in [-0.1, -0.05) is 19.8 Å². The highest BCUT2D eigenvalue weighted by atomic mass is 16.5. The molecule has 0 radical (unpaired) electrons. The van der Waals surface area contributed by atoms with E-state index in [0.717, 1.165) is 19.3 Å². The number of likely N-dealkylation sites (tertiary alicyclic amines) is 1. The second-order valence-electron chi connectivity index (χ2n) is 6.28. The van der Waals surface area contributed by atoms with E-state index in [-0.39, 0.29) is 12.0 Å². The van der Waals surface area contributed by atoms with Crippen LogP contribution < -0.4 is 0 Å². The first-order chi connectivity index (χ1) is 9.47. The molecule has 5 nitrogen and oxygen atoms in total. The number of aliphatic carboxylic acids is 1. The number of amides is 1. The molecule has 0 aromatic heterocycles. The average molecular weight is 283 g/mol. The molecule has 4 atom stereocenters. The van der Waals surface area contributed by atoms with Crippen molar-refractivity contribution in [2.24, 2.45) is 11.8 Å². The summed E-state index contributed by atoms with van der Waals surface area (Å²) in [6.45, 7) is 4.86. The topological polar surface area (TPSA) is 66.8 Å². The SMILES string of the molecule is CC1CCCC(OC(C)C(=O)N2CCC(C(=O)O)C2)C1. The van der Waals surface area contributed by atoms with Crippen LogP contribution in [0.5, 0.6) is 0 Å². The van der Waals surface area contributed by atoms with Gasteiger partial charge in [-0.15, -0.1) is 0 Å². The van der Waals surface area contributed by atoms with Gasteiger partial charge in [-0.2, -0.15) is 0 Å². The molecule has 1 aliphatic heterocycles. The maximum atomic E-state index is 12.3. The van der Waals surface area contributed by atoms with Crippen molar-refractivity contribution in [1.29, 1.82) is 0 Å². The van der Waals surface area contributed by atoms with E-state index >= 15 is 0 Å². The van der Waals surface area contributed by atoms with Gasteiger partial charge < -0.3 is 14.7 Å². The summed E-state index contributed by atoms with van der Waals surface area (Å²) in [6.07, 6.45) is 4.73. The predicted octanol–water partition coefficient (Wildman–Crippen LogP) is 1.90. The number of carboxylic acid groups (broad SMARTS) is 1. The lowest BCUT2D eigenvalue weighted by atomic mass is 9.88. The summed E-state index contributed by atoms with van der Waals surface area (Å²) in [5, 5.41) is 8.97. The Balaban J connectivity index is 1.81. The molecule has 1 saturated carbocycles. The lowest BCUT2D eigenvalue weighted by Crippen LogP contribution is -2.40. The minimum Gasteiger partial charge on any atom is -0.481 e. The highest BCUT2D eigenvalue weighted by Crippen LogP contribution is 2.27. The van der Waals surface area contributed by atoms with Gasteiger partial charge in [-0.25, -0.2) is 0 Å². The summed E-state index contributed by atoms with van der Waals surface area (Å²) >= 11 is 0. The first-order valence-electron chi connectivity index (χ1n) is 7.64. The molecule has 0 bridgehead atoms. The van der Waals surface area contributed by atoms with Crippen molar-refractivity contribution in [2.45, 2.75) is 58.2 Å². The Kier molecular flexibility index (Phi) is 5.02. The zero-order chi connectivity index (χ0) is 14.7. The largest absolute Gasteiger partial charge is 0.481 e. The quantitative estimate of drug-likeness (QED) is 0.855. The van der Waals surface area contributed by atoms with Crippen LogP contribution >= 0.6 is 0 Å². The van der Waals surface area contributed by atoms with Crippen LogP contribution in [0.4, 0.5) is 0 Å². The van der Waals surface area contributed by atoms with E-state index in [2.05, 4.69) is 6.92 Å². The molecule has 2 fully saturated rings. The number of hydrogen-bond donors (Lipinski definition) is 1. The van der Waals surface area contributed by atoms with Crippen molar-refractivity contribution in [2.75, 3.05) is 13.1 Å². The Labute approximate surface area is 120 Å². The van der Waals surface area contributed by atoms with Crippen molar-refractivity contribution >= 4 is 11.9 Å².